The largest absolute Gasteiger partial charge is 0.481 e. The Bertz CT molecular complexity index is 810. The first-order valence-electron chi connectivity index (χ1n) is 8.70. The number of rotatable bonds is 7. The van der Waals surface area contributed by atoms with Gasteiger partial charge in [0.25, 0.3) is 5.91 Å². The quantitative estimate of drug-likeness (QED) is 0.548. The molecule has 10 nitrogen and oxygen atoms in total. The topological polar surface area (TPSA) is 144 Å². The number of nitrogens with zero attached hydrogens (tertiary/aromatic N) is 2. The number of carbonyl (C=O) groups excluding carboxylic acids is 3. The van der Waals surface area contributed by atoms with E-state index in [2.05, 4.69) is 5.32 Å². The number of fused-ring (bicyclic) bond motifs is 2. The maximum absolute atomic E-state index is 12.6. The van der Waals surface area contributed by atoms with Crippen LogP contribution in [0.15, 0.2) is 24.3 Å². The van der Waals surface area contributed by atoms with Crippen molar-refractivity contribution in [3.8, 4) is 0 Å². The molecule has 1 saturated heterocycles. The Kier molecular flexibility index (Phi) is 5.30. The highest BCUT2D eigenvalue weighted by Crippen LogP contribution is 2.29. The van der Waals surface area contributed by atoms with Crippen molar-refractivity contribution in [3.63, 3.8) is 0 Å². The van der Waals surface area contributed by atoms with E-state index in [9.17, 15) is 24.0 Å². The summed E-state index contributed by atoms with van der Waals surface area (Å²) in [6.07, 6.45) is -0.672. The molecule has 3 rings (SSSR count). The molecule has 4 amide bonds. The van der Waals surface area contributed by atoms with Crippen LogP contribution in [0, 0.1) is 0 Å². The zero-order chi connectivity index (χ0) is 20.4. The number of imide groups is 1. The lowest BCUT2D eigenvalue weighted by Gasteiger charge is -2.28. The van der Waals surface area contributed by atoms with Crippen molar-refractivity contribution in [1.82, 2.24) is 15.1 Å². The fraction of sp³-hybridized carbons (Fsp3) is 0.389. The van der Waals surface area contributed by atoms with Crippen LogP contribution >= 0.6 is 0 Å². The summed E-state index contributed by atoms with van der Waals surface area (Å²) < 4.78 is 0. The van der Waals surface area contributed by atoms with E-state index in [1.54, 1.807) is 0 Å². The first-order valence-corrected chi connectivity index (χ1v) is 8.70. The summed E-state index contributed by atoms with van der Waals surface area (Å²) in [6, 6.07) is 4.87. The minimum atomic E-state index is -1.57. The third-order valence-electron chi connectivity index (χ3n) is 4.85. The van der Waals surface area contributed by atoms with Gasteiger partial charge in [0.1, 0.15) is 12.1 Å². The van der Waals surface area contributed by atoms with Gasteiger partial charge in [-0.2, -0.15) is 0 Å². The summed E-state index contributed by atoms with van der Waals surface area (Å²) in [4.78, 5) is 61.3. The number of amides is 4. The molecule has 1 aromatic carbocycles. The van der Waals surface area contributed by atoms with E-state index in [-0.39, 0.29) is 13.0 Å². The third kappa shape index (κ3) is 3.80. The average Bonchev–Trinajstić information content (AvgIpc) is 2.87. The van der Waals surface area contributed by atoms with Crippen LogP contribution in [0.1, 0.15) is 24.0 Å². The van der Waals surface area contributed by atoms with Gasteiger partial charge in [-0.05, 0) is 11.1 Å². The molecule has 0 saturated carbocycles. The Balaban J connectivity index is 1.61. The number of nitrogens with one attached hydrogen (secondary N) is 1. The number of hydrogen-bond donors (Lipinski definition) is 3. The fourth-order valence-corrected chi connectivity index (χ4v) is 3.43. The van der Waals surface area contributed by atoms with Crippen molar-refractivity contribution in [2.45, 2.75) is 37.9 Å². The van der Waals surface area contributed by atoms with Crippen LogP contribution in [0.3, 0.4) is 0 Å². The van der Waals surface area contributed by atoms with Crippen molar-refractivity contribution in [3.05, 3.63) is 35.4 Å². The standard InChI is InChI=1S/C18H19N3O7/c22-14(19-12(17(26)27)8-15(23)24)5-6-20-16(25)13-7-10-3-1-2-4-11(10)9-21(13)18(20)28/h1-4,12-13H,5-9H2,(H,19,22)(H,23,24)(H,26,27)/t12-,13-/m1/s1. The van der Waals surface area contributed by atoms with E-state index < -0.39 is 48.3 Å². The molecular formula is C18H19N3O7. The van der Waals surface area contributed by atoms with E-state index in [1.807, 2.05) is 24.3 Å². The lowest BCUT2D eigenvalue weighted by Crippen LogP contribution is -2.43. The maximum Gasteiger partial charge on any atom is 0.327 e. The molecule has 3 N–H and O–H groups in total. The highest BCUT2D eigenvalue weighted by Gasteiger charge is 2.46. The van der Waals surface area contributed by atoms with Gasteiger partial charge in [0.05, 0.1) is 6.42 Å². The second-order valence-electron chi connectivity index (χ2n) is 6.70. The van der Waals surface area contributed by atoms with Gasteiger partial charge in [-0.1, -0.05) is 24.3 Å². The molecular weight excluding hydrogens is 370 g/mol. The SMILES string of the molecule is O=C(O)C[C@@H](NC(=O)CCN1C(=O)[C@H]2Cc3ccccc3CN2C1=O)C(=O)O. The Morgan fingerprint density at radius 3 is 2.46 bits per heavy atom. The Labute approximate surface area is 159 Å². The Hall–Kier alpha value is -3.43. The zero-order valence-corrected chi connectivity index (χ0v) is 14.8. The molecule has 10 heteroatoms. The lowest BCUT2D eigenvalue weighted by atomic mass is 9.95. The average molecular weight is 389 g/mol. The van der Waals surface area contributed by atoms with Gasteiger partial charge in [0.2, 0.25) is 5.91 Å². The number of carboxylic acids is 2. The highest BCUT2D eigenvalue weighted by molar-refractivity contribution is 6.05. The molecule has 2 aliphatic heterocycles. The van der Waals surface area contributed by atoms with Crippen molar-refractivity contribution < 1.29 is 34.2 Å². The molecule has 0 aromatic heterocycles. The van der Waals surface area contributed by atoms with Crippen LogP contribution in [0.4, 0.5) is 4.79 Å². The van der Waals surface area contributed by atoms with Crippen LogP contribution in [-0.2, 0) is 32.1 Å². The molecule has 1 fully saturated rings. The summed E-state index contributed by atoms with van der Waals surface area (Å²) in [6.45, 7) is 0.111. The lowest BCUT2D eigenvalue weighted by molar-refractivity contribution is -0.147. The zero-order valence-electron chi connectivity index (χ0n) is 14.8. The minimum absolute atomic E-state index is 0.202. The summed E-state index contributed by atoms with van der Waals surface area (Å²) >= 11 is 0. The normalized spacial score (nSPS) is 19.1. The molecule has 148 valence electrons. The molecule has 0 radical (unpaired) electrons. The van der Waals surface area contributed by atoms with Crippen molar-refractivity contribution in [1.29, 1.82) is 0 Å². The number of hydrogen-bond acceptors (Lipinski definition) is 5. The van der Waals surface area contributed by atoms with Crippen LogP contribution in [0.5, 0.6) is 0 Å². The van der Waals surface area contributed by atoms with Crippen LogP contribution in [0.25, 0.3) is 0 Å². The van der Waals surface area contributed by atoms with Gasteiger partial charge in [-0.15, -0.1) is 0 Å². The van der Waals surface area contributed by atoms with Gasteiger partial charge in [0.15, 0.2) is 0 Å². The summed E-state index contributed by atoms with van der Waals surface area (Å²) in [7, 11) is 0. The summed E-state index contributed by atoms with van der Waals surface area (Å²) in [5, 5.41) is 19.7. The molecule has 0 aliphatic carbocycles. The monoisotopic (exact) mass is 389 g/mol. The number of carbonyl (C=O) groups is 5. The molecule has 2 heterocycles. The molecule has 2 aliphatic rings. The van der Waals surface area contributed by atoms with E-state index in [0.29, 0.717) is 13.0 Å². The van der Waals surface area contributed by atoms with Gasteiger partial charge < -0.3 is 20.4 Å². The van der Waals surface area contributed by atoms with Gasteiger partial charge in [-0.3, -0.25) is 19.3 Å². The van der Waals surface area contributed by atoms with Crippen molar-refractivity contribution in [2.75, 3.05) is 6.54 Å². The molecule has 2 atom stereocenters. The molecule has 0 unspecified atom stereocenters. The number of benzene rings is 1. The maximum atomic E-state index is 12.6. The Morgan fingerprint density at radius 2 is 1.82 bits per heavy atom. The first kappa shape index (κ1) is 19.3. The van der Waals surface area contributed by atoms with E-state index in [0.717, 1.165) is 16.0 Å². The minimum Gasteiger partial charge on any atom is -0.481 e. The summed E-state index contributed by atoms with van der Waals surface area (Å²) in [5.74, 6) is -3.98. The van der Waals surface area contributed by atoms with Gasteiger partial charge in [-0.25, -0.2) is 9.59 Å². The smallest absolute Gasteiger partial charge is 0.327 e. The first-order chi connectivity index (χ1) is 13.3. The van der Waals surface area contributed by atoms with Gasteiger partial charge in [0, 0.05) is 25.9 Å². The molecule has 1 aromatic rings. The molecule has 0 spiro atoms. The predicted molar refractivity (Wildman–Crippen MR) is 93.0 cm³/mol. The third-order valence-corrected chi connectivity index (χ3v) is 4.85. The van der Waals surface area contributed by atoms with Gasteiger partial charge >= 0.3 is 18.0 Å². The molecule has 0 bridgehead atoms. The second kappa shape index (κ2) is 7.67. The Morgan fingerprint density at radius 1 is 1.14 bits per heavy atom. The van der Waals surface area contributed by atoms with Crippen LogP contribution < -0.4 is 5.32 Å². The number of urea groups is 1. The second-order valence-corrected chi connectivity index (χ2v) is 6.70. The number of carboxylic acid groups (broad SMARTS) is 2. The van der Waals surface area contributed by atoms with Crippen molar-refractivity contribution >= 4 is 29.8 Å². The number of aliphatic carboxylic acids is 2. The fourth-order valence-electron chi connectivity index (χ4n) is 3.43. The van der Waals surface area contributed by atoms with E-state index >= 15 is 0 Å². The predicted octanol–water partition coefficient (Wildman–Crippen LogP) is -0.190. The van der Waals surface area contributed by atoms with E-state index in [1.165, 1.54) is 4.90 Å². The summed E-state index contributed by atoms with van der Waals surface area (Å²) in [5.41, 5.74) is 1.97. The van der Waals surface area contributed by atoms with E-state index in [4.69, 9.17) is 10.2 Å². The highest BCUT2D eigenvalue weighted by atomic mass is 16.4. The van der Waals surface area contributed by atoms with Crippen molar-refractivity contribution in [2.24, 2.45) is 0 Å². The molecule has 28 heavy (non-hydrogen) atoms. The van der Waals surface area contributed by atoms with Crippen LogP contribution in [0.2, 0.25) is 0 Å². The van der Waals surface area contributed by atoms with Crippen LogP contribution in [-0.4, -0.2) is 68.4 Å².